The maximum atomic E-state index is 12.6. The van der Waals surface area contributed by atoms with Crippen molar-refractivity contribution in [2.45, 2.75) is 51.4 Å². The van der Waals surface area contributed by atoms with Gasteiger partial charge in [-0.2, -0.15) is 0 Å². The lowest BCUT2D eigenvalue weighted by Gasteiger charge is -2.21. The first kappa shape index (κ1) is 17.5. The zero-order valence-corrected chi connectivity index (χ0v) is 14.8. The lowest BCUT2D eigenvalue weighted by molar-refractivity contribution is -0.129. The summed E-state index contributed by atoms with van der Waals surface area (Å²) >= 11 is 1.39. The minimum Gasteiger partial charge on any atom is -0.326 e. The monoisotopic (exact) mass is 333 g/mol. The Kier molecular flexibility index (Phi) is 5.82. The number of carbonyl (C=O) groups excluding carboxylic acids is 2. The van der Waals surface area contributed by atoms with Gasteiger partial charge in [-0.15, -0.1) is 0 Å². The third kappa shape index (κ3) is 4.58. The van der Waals surface area contributed by atoms with Crippen LogP contribution in [0.25, 0.3) is 0 Å². The Morgan fingerprint density at radius 3 is 2.48 bits per heavy atom. The molecule has 1 heterocycles. The number of carbonyl (C=O) groups is 2. The highest BCUT2D eigenvalue weighted by molar-refractivity contribution is 8.15. The molecule has 5 nitrogen and oxygen atoms in total. The van der Waals surface area contributed by atoms with Crippen molar-refractivity contribution in [1.29, 1.82) is 0 Å². The molecule has 1 fully saturated rings. The van der Waals surface area contributed by atoms with E-state index in [0.717, 1.165) is 10.9 Å². The van der Waals surface area contributed by atoms with Crippen LogP contribution in [-0.4, -0.2) is 39.2 Å². The summed E-state index contributed by atoms with van der Waals surface area (Å²) in [4.78, 5) is 31.0. The number of benzene rings is 1. The van der Waals surface area contributed by atoms with Gasteiger partial charge in [0, 0.05) is 24.2 Å². The lowest BCUT2D eigenvalue weighted by Crippen LogP contribution is -2.38. The molecule has 6 heteroatoms. The minimum absolute atomic E-state index is 0.0346. The Hall–Kier alpha value is -1.82. The highest BCUT2D eigenvalue weighted by Gasteiger charge is 2.40. The Labute approximate surface area is 141 Å². The van der Waals surface area contributed by atoms with Crippen molar-refractivity contribution in [2.75, 3.05) is 5.32 Å². The van der Waals surface area contributed by atoms with Crippen molar-refractivity contribution in [3.63, 3.8) is 0 Å². The van der Waals surface area contributed by atoms with Gasteiger partial charge < -0.3 is 5.32 Å². The van der Waals surface area contributed by atoms with Crippen molar-refractivity contribution in [1.82, 2.24) is 4.90 Å². The third-order valence-corrected chi connectivity index (χ3v) is 4.45. The lowest BCUT2D eigenvalue weighted by atomic mass is 10.2. The number of anilines is 1. The standard InChI is InChI=1S/C17H23N3O2S/c1-11(2)18-17-20(12(3)4)16(22)14(23-17)10-15(21)19-13-8-6-5-7-9-13/h5-9,11-12,14H,10H2,1-4H3,(H,19,21)/t14-/m1/s1. The molecule has 0 bridgehead atoms. The van der Waals surface area contributed by atoms with E-state index in [0.29, 0.717) is 0 Å². The number of aliphatic imine (C=N–C) groups is 1. The van der Waals surface area contributed by atoms with E-state index < -0.39 is 5.25 Å². The average Bonchev–Trinajstić information content (AvgIpc) is 2.75. The number of para-hydroxylation sites is 1. The van der Waals surface area contributed by atoms with Crippen LogP contribution in [0, 0.1) is 0 Å². The molecule has 0 unspecified atom stereocenters. The molecule has 1 aliphatic rings. The Bertz CT molecular complexity index is 599. The normalized spacial score (nSPS) is 19.9. The van der Waals surface area contributed by atoms with Gasteiger partial charge >= 0.3 is 0 Å². The van der Waals surface area contributed by atoms with E-state index in [1.807, 2.05) is 58.0 Å². The van der Waals surface area contributed by atoms with Crippen molar-refractivity contribution in [3.05, 3.63) is 30.3 Å². The molecule has 23 heavy (non-hydrogen) atoms. The topological polar surface area (TPSA) is 61.8 Å². The number of nitrogens with one attached hydrogen (secondary N) is 1. The third-order valence-electron chi connectivity index (χ3n) is 3.28. The molecule has 124 valence electrons. The number of rotatable bonds is 5. The number of amidine groups is 1. The van der Waals surface area contributed by atoms with Gasteiger partial charge in [0.15, 0.2) is 5.17 Å². The summed E-state index contributed by atoms with van der Waals surface area (Å²) in [6.45, 7) is 7.87. The smallest absolute Gasteiger partial charge is 0.242 e. The molecule has 0 radical (unpaired) electrons. The molecule has 1 aliphatic heterocycles. The van der Waals surface area contributed by atoms with Crippen LogP contribution < -0.4 is 5.32 Å². The van der Waals surface area contributed by atoms with Crippen molar-refractivity contribution in [3.8, 4) is 0 Å². The van der Waals surface area contributed by atoms with Crippen LogP contribution in [0.5, 0.6) is 0 Å². The van der Waals surface area contributed by atoms with Crippen molar-refractivity contribution < 1.29 is 9.59 Å². The maximum Gasteiger partial charge on any atom is 0.242 e. The largest absolute Gasteiger partial charge is 0.326 e. The van der Waals surface area contributed by atoms with Gasteiger partial charge in [0.2, 0.25) is 11.8 Å². The summed E-state index contributed by atoms with van der Waals surface area (Å²) in [7, 11) is 0. The molecule has 1 saturated heterocycles. The zero-order chi connectivity index (χ0) is 17.0. The SMILES string of the molecule is CC(C)N=C1S[C@H](CC(=O)Nc2ccccc2)C(=O)N1C(C)C. The molecule has 0 aliphatic carbocycles. The Morgan fingerprint density at radius 2 is 1.91 bits per heavy atom. The molecule has 0 saturated carbocycles. The number of thioether (sulfide) groups is 1. The fraction of sp³-hybridized carbons (Fsp3) is 0.471. The summed E-state index contributed by atoms with van der Waals surface area (Å²) in [5.41, 5.74) is 0.740. The fourth-order valence-electron chi connectivity index (χ4n) is 2.30. The first-order valence-electron chi connectivity index (χ1n) is 7.81. The minimum atomic E-state index is -0.404. The van der Waals surface area contributed by atoms with Gasteiger partial charge in [0.25, 0.3) is 0 Å². The van der Waals surface area contributed by atoms with E-state index in [2.05, 4.69) is 10.3 Å². The van der Waals surface area contributed by atoms with Gasteiger partial charge in [-0.25, -0.2) is 0 Å². The molecule has 1 aromatic rings. The molecule has 1 N–H and O–H groups in total. The second-order valence-electron chi connectivity index (χ2n) is 6.03. The summed E-state index contributed by atoms with van der Waals surface area (Å²) in [5, 5.41) is 3.14. The highest BCUT2D eigenvalue weighted by Crippen LogP contribution is 2.31. The van der Waals surface area contributed by atoms with E-state index in [-0.39, 0.29) is 30.3 Å². The predicted molar refractivity (Wildman–Crippen MR) is 95.6 cm³/mol. The first-order valence-corrected chi connectivity index (χ1v) is 8.69. The predicted octanol–water partition coefficient (Wildman–Crippen LogP) is 3.13. The van der Waals surface area contributed by atoms with Crippen LogP contribution in [0.3, 0.4) is 0 Å². The number of nitrogens with zero attached hydrogens (tertiary/aromatic N) is 2. The summed E-state index contributed by atoms with van der Waals surface area (Å²) < 4.78 is 0. The van der Waals surface area contributed by atoms with Crippen LogP contribution in [-0.2, 0) is 9.59 Å². The highest BCUT2D eigenvalue weighted by atomic mass is 32.2. The second kappa shape index (κ2) is 7.64. The van der Waals surface area contributed by atoms with Crippen molar-refractivity contribution in [2.24, 2.45) is 4.99 Å². The number of hydrogen-bond donors (Lipinski definition) is 1. The van der Waals surface area contributed by atoms with E-state index in [9.17, 15) is 9.59 Å². The number of hydrogen-bond acceptors (Lipinski definition) is 4. The van der Waals surface area contributed by atoms with E-state index in [1.165, 1.54) is 11.8 Å². The molecule has 2 rings (SSSR count). The summed E-state index contributed by atoms with van der Waals surface area (Å²) in [5.74, 6) is -0.191. The van der Waals surface area contributed by atoms with Crippen LogP contribution in [0.4, 0.5) is 5.69 Å². The summed E-state index contributed by atoms with van der Waals surface area (Å²) in [6.07, 6.45) is 0.152. The molecule has 1 atom stereocenters. The van der Waals surface area contributed by atoms with Gasteiger partial charge in [-0.3, -0.25) is 19.5 Å². The first-order chi connectivity index (χ1) is 10.9. The van der Waals surface area contributed by atoms with E-state index in [4.69, 9.17) is 0 Å². The second-order valence-corrected chi connectivity index (χ2v) is 7.20. The zero-order valence-electron chi connectivity index (χ0n) is 13.9. The molecule has 0 aromatic heterocycles. The van der Waals surface area contributed by atoms with Crippen LogP contribution in [0.1, 0.15) is 34.1 Å². The van der Waals surface area contributed by atoms with Gasteiger partial charge in [-0.1, -0.05) is 30.0 Å². The Balaban J connectivity index is 2.05. The number of amides is 2. The molecule has 0 spiro atoms. The van der Waals surface area contributed by atoms with Gasteiger partial charge in [-0.05, 0) is 39.8 Å². The van der Waals surface area contributed by atoms with Crippen LogP contribution >= 0.6 is 11.8 Å². The average molecular weight is 333 g/mol. The molecule has 1 aromatic carbocycles. The van der Waals surface area contributed by atoms with Crippen molar-refractivity contribution >= 4 is 34.4 Å². The maximum absolute atomic E-state index is 12.6. The summed E-state index contributed by atoms with van der Waals surface area (Å²) in [6, 6.07) is 9.42. The molecular weight excluding hydrogens is 310 g/mol. The van der Waals surface area contributed by atoms with Gasteiger partial charge in [0.1, 0.15) is 5.25 Å². The Morgan fingerprint density at radius 1 is 1.26 bits per heavy atom. The van der Waals surface area contributed by atoms with Crippen LogP contribution in [0.15, 0.2) is 35.3 Å². The molecule has 2 amide bonds. The molecular formula is C17H23N3O2S. The van der Waals surface area contributed by atoms with Crippen LogP contribution in [0.2, 0.25) is 0 Å². The quantitative estimate of drug-likeness (QED) is 0.900. The van der Waals surface area contributed by atoms with E-state index in [1.54, 1.807) is 4.90 Å². The van der Waals surface area contributed by atoms with Gasteiger partial charge in [0.05, 0.1) is 0 Å². The fourth-order valence-corrected chi connectivity index (χ4v) is 3.69. The van der Waals surface area contributed by atoms with E-state index >= 15 is 0 Å².